The van der Waals surface area contributed by atoms with Gasteiger partial charge in [0.25, 0.3) is 0 Å². The van der Waals surface area contributed by atoms with Crippen molar-refractivity contribution in [3.8, 4) is 5.75 Å². The van der Waals surface area contributed by atoms with Crippen LogP contribution in [0.2, 0.25) is 0 Å². The fourth-order valence-electron chi connectivity index (χ4n) is 1.23. The van der Waals surface area contributed by atoms with Gasteiger partial charge < -0.3 is 16.2 Å². The molecule has 1 amide bonds. The van der Waals surface area contributed by atoms with Crippen LogP contribution in [0.5, 0.6) is 5.75 Å². The van der Waals surface area contributed by atoms with Gasteiger partial charge in [-0.3, -0.25) is 4.79 Å². The molecule has 0 saturated carbocycles. The van der Waals surface area contributed by atoms with Crippen LogP contribution in [0.3, 0.4) is 0 Å². The third-order valence-electron chi connectivity index (χ3n) is 2.60. The van der Waals surface area contributed by atoms with E-state index in [0.29, 0.717) is 5.56 Å². The minimum Gasteiger partial charge on any atom is -0.490 e. The zero-order valence-corrected chi connectivity index (χ0v) is 10.00. The minimum absolute atomic E-state index is 0.135. The molecule has 0 saturated heterocycles. The molecule has 1 rings (SSSR count). The van der Waals surface area contributed by atoms with Crippen molar-refractivity contribution < 1.29 is 13.9 Å². The Morgan fingerprint density at radius 1 is 1.53 bits per heavy atom. The molecule has 0 bridgehead atoms. The van der Waals surface area contributed by atoms with E-state index in [0.717, 1.165) is 0 Å². The van der Waals surface area contributed by atoms with E-state index in [2.05, 4.69) is 0 Å². The van der Waals surface area contributed by atoms with E-state index in [9.17, 15) is 9.18 Å². The normalized spacial score (nSPS) is 14.1. The summed E-state index contributed by atoms with van der Waals surface area (Å²) in [5.74, 6) is -0.846. The summed E-state index contributed by atoms with van der Waals surface area (Å²) in [6.07, 6.45) is 0.232. The first-order chi connectivity index (χ1) is 7.84. The molecule has 1 unspecified atom stereocenters. The average molecular weight is 240 g/mol. The molecule has 0 radical (unpaired) electrons. The van der Waals surface area contributed by atoms with Gasteiger partial charge in [-0.25, -0.2) is 4.39 Å². The van der Waals surface area contributed by atoms with Crippen LogP contribution in [0.4, 0.5) is 4.39 Å². The van der Waals surface area contributed by atoms with Crippen molar-refractivity contribution in [2.45, 2.75) is 25.8 Å². The van der Waals surface area contributed by atoms with Crippen LogP contribution in [0.25, 0.3) is 0 Å². The number of halogens is 1. The summed E-state index contributed by atoms with van der Waals surface area (Å²) in [5, 5.41) is 0. The van der Waals surface area contributed by atoms with Gasteiger partial charge >= 0.3 is 0 Å². The van der Waals surface area contributed by atoms with Crippen LogP contribution in [0, 0.1) is 12.7 Å². The largest absolute Gasteiger partial charge is 0.490 e. The molecule has 94 valence electrons. The predicted octanol–water partition coefficient (Wildman–Crippen LogP) is 1.11. The van der Waals surface area contributed by atoms with Crippen LogP contribution < -0.4 is 16.2 Å². The highest BCUT2D eigenvalue weighted by Gasteiger charge is 2.25. The Morgan fingerprint density at radius 2 is 2.18 bits per heavy atom. The zero-order chi connectivity index (χ0) is 13.1. The number of primary amides is 1. The van der Waals surface area contributed by atoms with E-state index in [-0.39, 0.29) is 18.8 Å². The second kappa shape index (κ2) is 5.14. The number of carbonyl (C=O) groups is 1. The molecule has 17 heavy (non-hydrogen) atoms. The molecule has 0 aliphatic heterocycles. The first-order valence-electron chi connectivity index (χ1n) is 5.31. The Balaban J connectivity index is 2.58. The van der Waals surface area contributed by atoms with Gasteiger partial charge in [0, 0.05) is 6.42 Å². The molecule has 0 fully saturated rings. The molecule has 0 spiro atoms. The Kier molecular flexibility index (Phi) is 4.07. The Bertz CT molecular complexity index is 419. The van der Waals surface area contributed by atoms with Crippen LogP contribution in [-0.2, 0) is 4.79 Å². The predicted molar refractivity (Wildman–Crippen MR) is 63.0 cm³/mol. The van der Waals surface area contributed by atoms with Crippen molar-refractivity contribution in [1.82, 2.24) is 0 Å². The number of carbonyl (C=O) groups excluding carboxylic acids is 1. The van der Waals surface area contributed by atoms with E-state index in [1.54, 1.807) is 19.1 Å². The number of hydrogen-bond acceptors (Lipinski definition) is 3. The second-order valence-electron chi connectivity index (χ2n) is 4.27. The standard InChI is InChI=1S/C12H17FN2O2/c1-8-4-3-5-9(10(8)13)17-7-6-12(2,15)11(14)16/h3-5H,6-7,15H2,1-2H3,(H2,14,16). The number of rotatable bonds is 5. The highest BCUT2D eigenvalue weighted by molar-refractivity contribution is 5.83. The molecule has 0 heterocycles. The molecule has 0 aliphatic rings. The zero-order valence-electron chi connectivity index (χ0n) is 10.00. The van der Waals surface area contributed by atoms with Crippen molar-refractivity contribution in [2.24, 2.45) is 11.5 Å². The van der Waals surface area contributed by atoms with E-state index in [1.807, 2.05) is 0 Å². The Morgan fingerprint density at radius 3 is 2.76 bits per heavy atom. The Hall–Kier alpha value is -1.62. The van der Waals surface area contributed by atoms with Gasteiger partial charge in [-0.1, -0.05) is 12.1 Å². The molecule has 4 nitrogen and oxygen atoms in total. The van der Waals surface area contributed by atoms with Crippen molar-refractivity contribution in [3.05, 3.63) is 29.6 Å². The summed E-state index contributed by atoms with van der Waals surface area (Å²) in [4.78, 5) is 11.0. The van der Waals surface area contributed by atoms with Crippen LogP contribution in [0.1, 0.15) is 18.9 Å². The summed E-state index contributed by atoms with van der Waals surface area (Å²) in [5.41, 5.74) is 10.1. The number of hydrogen-bond donors (Lipinski definition) is 2. The molecular formula is C12H17FN2O2. The lowest BCUT2D eigenvalue weighted by molar-refractivity contribution is -0.123. The summed E-state index contributed by atoms with van der Waals surface area (Å²) < 4.78 is 18.8. The van der Waals surface area contributed by atoms with Gasteiger partial charge in [-0.2, -0.15) is 0 Å². The highest BCUT2D eigenvalue weighted by Crippen LogP contribution is 2.20. The van der Waals surface area contributed by atoms with E-state index in [4.69, 9.17) is 16.2 Å². The van der Waals surface area contributed by atoms with Gasteiger partial charge in [0.1, 0.15) is 0 Å². The first-order valence-corrected chi connectivity index (χ1v) is 5.31. The lowest BCUT2D eigenvalue weighted by atomic mass is 9.99. The molecule has 1 aromatic rings. The average Bonchev–Trinajstić information content (AvgIpc) is 2.24. The monoisotopic (exact) mass is 240 g/mol. The third kappa shape index (κ3) is 3.42. The number of benzene rings is 1. The molecular weight excluding hydrogens is 223 g/mol. The number of nitrogens with two attached hydrogens (primary N) is 2. The van der Waals surface area contributed by atoms with Crippen LogP contribution in [0.15, 0.2) is 18.2 Å². The first kappa shape index (κ1) is 13.4. The third-order valence-corrected chi connectivity index (χ3v) is 2.60. The van der Waals surface area contributed by atoms with E-state index in [1.165, 1.54) is 13.0 Å². The fourth-order valence-corrected chi connectivity index (χ4v) is 1.23. The maximum absolute atomic E-state index is 13.5. The minimum atomic E-state index is -1.14. The smallest absolute Gasteiger partial charge is 0.237 e. The maximum atomic E-state index is 13.5. The molecule has 0 aliphatic carbocycles. The topological polar surface area (TPSA) is 78.3 Å². The van der Waals surface area contributed by atoms with Crippen molar-refractivity contribution >= 4 is 5.91 Å². The molecule has 1 atom stereocenters. The van der Waals surface area contributed by atoms with Gasteiger partial charge in [0.15, 0.2) is 11.6 Å². The van der Waals surface area contributed by atoms with Crippen LogP contribution >= 0.6 is 0 Å². The summed E-state index contributed by atoms with van der Waals surface area (Å²) in [7, 11) is 0. The lowest BCUT2D eigenvalue weighted by Crippen LogP contribution is -2.50. The van der Waals surface area contributed by atoms with Gasteiger partial charge in [0.05, 0.1) is 12.1 Å². The SMILES string of the molecule is Cc1cccc(OCCC(C)(N)C(N)=O)c1F. The maximum Gasteiger partial charge on any atom is 0.237 e. The van der Waals surface area contributed by atoms with E-state index < -0.39 is 17.3 Å². The van der Waals surface area contributed by atoms with Gasteiger partial charge in [-0.05, 0) is 25.5 Å². The van der Waals surface area contributed by atoms with Gasteiger partial charge in [0.2, 0.25) is 5.91 Å². The summed E-state index contributed by atoms with van der Waals surface area (Å²) >= 11 is 0. The summed E-state index contributed by atoms with van der Waals surface area (Å²) in [6, 6.07) is 4.88. The van der Waals surface area contributed by atoms with Crippen molar-refractivity contribution in [2.75, 3.05) is 6.61 Å². The van der Waals surface area contributed by atoms with Crippen LogP contribution in [-0.4, -0.2) is 18.1 Å². The second-order valence-corrected chi connectivity index (χ2v) is 4.27. The van der Waals surface area contributed by atoms with Gasteiger partial charge in [-0.15, -0.1) is 0 Å². The fraction of sp³-hybridized carbons (Fsp3) is 0.417. The quantitative estimate of drug-likeness (QED) is 0.809. The number of aryl methyl sites for hydroxylation is 1. The molecule has 4 N–H and O–H groups in total. The lowest BCUT2D eigenvalue weighted by Gasteiger charge is -2.20. The highest BCUT2D eigenvalue weighted by atomic mass is 19.1. The molecule has 0 aromatic heterocycles. The molecule has 5 heteroatoms. The number of amides is 1. The molecule has 1 aromatic carbocycles. The number of ether oxygens (including phenoxy) is 1. The summed E-state index contributed by atoms with van der Waals surface area (Å²) in [6.45, 7) is 3.31. The Labute approximate surface area is 99.7 Å². The van der Waals surface area contributed by atoms with E-state index >= 15 is 0 Å². The van der Waals surface area contributed by atoms with Crippen molar-refractivity contribution in [3.63, 3.8) is 0 Å². The van der Waals surface area contributed by atoms with Crippen molar-refractivity contribution in [1.29, 1.82) is 0 Å².